The summed E-state index contributed by atoms with van der Waals surface area (Å²) < 4.78 is 2.13. The second kappa shape index (κ2) is 5.26. The van der Waals surface area contributed by atoms with Crippen LogP contribution in [0.4, 0.5) is 16.2 Å². The molecule has 80 valence electrons. The molecule has 0 aliphatic carbocycles. The minimum Gasteiger partial charge on any atom is -0.326 e. The van der Waals surface area contributed by atoms with Gasteiger partial charge in [0.25, 0.3) is 0 Å². The molecule has 0 saturated heterocycles. The van der Waals surface area contributed by atoms with E-state index in [1.165, 1.54) is 6.92 Å². The normalized spacial score (nSPS) is 9.20. The third kappa shape index (κ3) is 3.90. The van der Waals surface area contributed by atoms with Gasteiger partial charge in [0.15, 0.2) is 0 Å². The highest BCUT2D eigenvalue weighted by atomic mass is 32.1. The summed E-state index contributed by atoms with van der Waals surface area (Å²) >= 11 is 3.59. The van der Waals surface area contributed by atoms with E-state index in [4.69, 9.17) is 0 Å². The van der Waals surface area contributed by atoms with Crippen molar-refractivity contribution in [1.29, 1.82) is 0 Å². The zero-order chi connectivity index (χ0) is 11.3. The first kappa shape index (κ1) is 11.4. The van der Waals surface area contributed by atoms with Crippen LogP contribution >= 0.6 is 12.8 Å². The number of rotatable bonds is 2. The van der Waals surface area contributed by atoms with E-state index in [2.05, 4.69) is 28.2 Å². The highest BCUT2D eigenvalue weighted by molar-refractivity contribution is 7.78. The molecule has 0 bridgehead atoms. The van der Waals surface area contributed by atoms with Crippen LogP contribution in [-0.4, -0.2) is 11.9 Å². The third-order valence-electron chi connectivity index (χ3n) is 1.56. The molecule has 0 radical (unpaired) electrons. The number of urea groups is 1. The quantitative estimate of drug-likeness (QED) is 0.577. The van der Waals surface area contributed by atoms with E-state index in [-0.39, 0.29) is 5.91 Å². The summed E-state index contributed by atoms with van der Waals surface area (Å²) in [6.07, 6.45) is 0. The Balaban J connectivity index is 2.64. The molecule has 3 N–H and O–H groups in total. The van der Waals surface area contributed by atoms with Crippen LogP contribution in [0.25, 0.3) is 0 Å². The van der Waals surface area contributed by atoms with Gasteiger partial charge in [-0.3, -0.25) is 9.52 Å². The van der Waals surface area contributed by atoms with E-state index in [0.717, 1.165) is 0 Å². The van der Waals surface area contributed by atoms with Crippen LogP contribution in [0, 0.1) is 0 Å². The van der Waals surface area contributed by atoms with Crippen molar-refractivity contribution < 1.29 is 9.59 Å². The molecule has 0 aromatic heterocycles. The summed E-state index contributed by atoms with van der Waals surface area (Å²) in [4.78, 5) is 21.6. The SMILES string of the molecule is CC(=O)Nc1ccc(NC(=O)NS)cc1. The van der Waals surface area contributed by atoms with Crippen LogP contribution in [-0.2, 0) is 4.79 Å². The van der Waals surface area contributed by atoms with Crippen molar-refractivity contribution >= 4 is 36.1 Å². The van der Waals surface area contributed by atoms with Crippen molar-refractivity contribution in [3.63, 3.8) is 0 Å². The van der Waals surface area contributed by atoms with Crippen LogP contribution in [0.5, 0.6) is 0 Å². The lowest BCUT2D eigenvalue weighted by atomic mass is 10.3. The van der Waals surface area contributed by atoms with Gasteiger partial charge in [-0.25, -0.2) is 4.79 Å². The molecule has 3 amide bonds. The van der Waals surface area contributed by atoms with Gasteiger partial charge in [0.05, 0.1) is 0 Å². The first-order valence-electron chi connectivity index (χ1n) is 4.20. The lowest BCUT2D eigenvalue weighted by Crippen LogP contribution is -2.20. The Kier molecular flexibility index (Phi) is 3.99. The smallest absolute Gasteiger partial charge is 0.326 e. The second-order valence-electron chi connectivity index (χ2n) is 2.82. The highest BCUT2D eigenvalue weighted by Gasteiger charge is 1.99. The molecule has 1 aromatic carbocycles. The number of carbonyl (C=O) groups excluding carboxylic acids is 2. The van der Waals surface area contributed by atoms with Crippen LogP contribution in [0.1, 0.15) is 6.92 Å². The molecule has 0 aliphatic rings. The number of anilines is 2. The summed E-state index contributed by atoms with van der Waals surface area (Å²) in [6.45, 7) is 1.43. The lowest BCUT2D eigenvalue weighted by molar-refractivity contribution is -0.114. The van der Waals surface area contributed by atoms with Gasteiger partial charge in [-0.1, -0.05) is 12.8 Å². The topological polar surface area (TPSA) is 70.2 Å². The molecule has 1 rings (SSSR count). The Labute approximate surface area is 92.8 Å². The fourth-order valence-electron chi connectivity index (χ4n) is 0.999. The van der Waals surface area contributed by atoms with Crippen LogP contribution in [0.2, 0.25) is 0 Å². The summed E-state index contributed by atoms with van der Waals surface area (Å²) in [6, 6.07) is 6.32. The van der Waals surface area contributed by atoms with E-state index in [1.54, 1.807) is 24.3 Å². The number of hydrogen-bond donors (Lipinski definition) is 4. The Hall–Kier alpha value is -1.69. The molecular formula is C9H11N3O2S. The Morgan fingerprint density at radius 1 is 1.07 bits per heavy atom. The van der Waals surface area contributed by atoms with Gasteiger partial charge in [0.1, 0.15) is 0 Å². The van der Waals surface area contributed by atoms with Crippen molar-refractivity contribution in [2.75, 3.05) is 10.6 Å². The van der Waals surface area contributed by atoms with Gasteiger partial charge < -0.3 is 10.6 Å². The lowest BCUT2D eigenvalue weighted by Gasteiger charge is -2.05. The van der Waals surface area contributed by atoms with E-state index < -0.39 is 6.03 Å². The van der Waals surface area contributed by atoms with Gasteiger partial charge in [-0.05, 0) is 24.3 Å². The summed E-state index contributed by atoms with van der Waals surface area (Å²) in [5.41, 5.74) is 1.30. The molecule has 0 spiro atoms. The Morgan fingerprint density at radius 3 is 1.93 bits per heavy atom. The number of nitrogens with one attached hydrogen (secondary N) is 3. The molecule has 6 heteroatoms. The van der Waals surface area contributed by atoms with Crippen molar-refractivity contribution in [1.82, 2.24) is 4.72 Å². The van der Waals surface area contributed by atoms with E-state index in [0.29, 0.717) is 11.4 Å². The average Bonchev–Trinajstić information content (AvgIpc) is 2.20. The second-order valence-corrected chi connectivity index (χ2v) is 3.05. The van der Waals surface area contributed by atoms with Crippen LogP contribution in [0.15, 0.2) is 24.3 Å². The number of hydrogen-bond acceptors (Lipinski definition) is 3. The summed E-state index contributed by atoms with van der Waals surface area (Å²) in [5, 5.41) is 5.15. The van der Waals surface area contributed by atoms with Gasteiger partial charge in [0, 0.05) is 18.3 Å². The maximum atomic E-state index is 10.9. The van der Waals surface area contributed by atoms with Crippen molar-refractivity contribution in [2.45, 2.75) is 6.92 Å². The molecule has 15 heavy (non-hydrogen) atoms. The Bertz CT molecular complexity index is 364. The number of benzene rings is 1. The van der Waals surface area contributed by atoms with Gasteiger partial charge in [0.2, 0.25) is 5.91 Å². The predicted molar refractivity (Wildman–Crippen MR) is 61.9 cm³/mol. The predicted octanol–water partition coefficient (Wildman–Crippen LogP) is 1.61. The molecule has 0 fully saturated rings. The monoisotopic (exact) mass is 225 g/mol. The fourth-order valence-corrected chi connectivity index (χ4v) is 1.06. The van der Waals surface area contributed by atoms with E-state index >= 15 is 0 Å². The third-order valence-corrected chi connectivity index (χ3v) is 1.77. The highest BCUT2D eigenvalue weighted by Crippen LogP contribution is 2.13. The largest absolute Gasteiger partial charge is 0.329 e. The molecular weight excluding hydrogens is 214 g/mol. The van der Waals surface area contributed by atoms with Crippen LogP contribution in [0.3, 0.4) is 0 Å². The Morgan fingerprint density at radius 2 is 1.53 bits per heavy atom. The standard InChI is InChI=1S/C9H11N3O2S/c1-6(13)10-7-2-4-8(5-3-7)11-9(14)12-15/h2-5,15H,1H3,(H,10,13)(H2,11,12,14). The minimum atomic E-state index is -0.411. The molecule has 0 atom stereocenters. The molecule has 5 nitrogen and oxygen atoms in total. The molecule has 0 heterocycles. The maximum Gasteiger partial charge on any atom is 0.329 e. The minimum absolute atomic E-state index is 0.135. The molecule has 0 saturated carbocycles. The van der Waals surface area contributed by atoms with Crippen molar-refractivity contribution in [2.24, 2.45) is 0 Å². The van der Waals surface area contributed by atoms with Gasteiger partial charge in [-0.15, -0.1) is 0 Å². The number of thiol groups is 1. The first-order chi connectivity index (χ1) is 7.11. The average molecular weight is 225 g/mol. The molecule has 0 unspecified atom stereocenters. The summed E-state index contributed by atoms with van der Waals surface area (Å²) in [7, 11) is 0. The molecule has 1 aromatic rings. The van der Waals surface area contributed by atoms with Gasteiger partial charge >= 0.3 is 6.03 Å². The summed E-state index contributed by atoms with van der Waals surface area (Å²) in [5.74, 6) is -0.135. The van der Waals surface area contributed by atoms with Gasteiger partial charge in [-0.2, -0.15) is 0 Å². The number of amides is 3. The first-order valence-corrected chi connectivity index (χ1v) is 4.65. The van der Waals surface area contributed by atoms with E-state index in [1.807, 2.05) is 0 Å². The zero-order valence-corrected chi connectivity index (χ0v) is 8.97. The number of carbonyl (C=O) groups is 2. The van der Waals surface area contributed by atoms with Crippen LogP contribution < -0.4 is 15.4 Å². The molecule has 0 aliphatic heterocycles. The van der Waals surface area contributed by atoms with Crippen molar-refractivity contribution in [3.8, 4) is 0 Å². The maximum absolute atomic E-state index is 10.9. The fraction of sp³-hybridized carbons (Fsp3) is 0.111. The zero-order valence-electron chi connectivity index (χ0n) is 8.07. The van der Waals surface area contributed by atoms with E-state index in [9.17, 15) is 9.59 Å². The van der Waals surface area contributed by atoms with Crippen molar-refractivity contribution in [3.05, 3.63) is 24.3 Å².